The van der Waals surface area contributed by atoms with Crippen LogP contribution >= 0.6 is 0 Å². The van der Waals surface area contributed by atoms with Crippen molar-refractivity contribution in [2.24, 2.45) is 0 Å². The number of aliphatic hydroxyl groups excluding tert-OH is 1. The lowest BCUT2D eigenvalue weighted by Crippen LogP contribution is -2.44. The van der Waals surface area contributed by atoms with Gasteiger partial charge in [-0.05, 0) is 56.4 Å². The van der Waals surface area contributed by atoms with Crippen molar-refractivity contribution in [2.45, 2.75) is 38.6 Å². The van der Waals surface area contributed by atoms with Crippen molar-refractivity contribution >= 4 is 11.6 Å². The van der Waals surface area contributed by atoms with Gasteiger partial charge >= 0.3 is 0 Å². The van der Waals surface area contributed by atoms with Gasteiger partial charge in [-0.25, -0.2) is 0 Å². The summed E-state index contributed by atoms with van der Waals surface area (Å²) in [6.45, 7) is 2.83. The second kappa shape index (κ2) is 6.06. The maximum absolute atomic E-state index is 12.6. The Morgan fingerprint density at radius 2 is 2.26 bits per heavy atom. The third-order valence-electron chi connectivity index (χ3n) is 3.87. The number of nitrogens with two attached hydrogens (primary N) is 1. The maximum Gasteiger partial charge on any atom is 0.254 e. The van der Waals surface area contributed by atoms with E-state index in [9.17, 15) is 4.79 Å². The molecule has 1 aliphatic heterocycles. The Labute approximate surface area is 114 Å². The molecule has 1 atom stereocenters. The van der Waals surface area contributed by atoms with Crippen LogP contribution < -0.4 is 5.73 Å². The molecule has 0 radical (unpaired) electrons. The van der Waals surface area contributed by atoms with Crippen molar-refractivity contribution in [3.8, 4) is 0 Å². The highest BCUT2D eigenvalue weighted by Gasteiger charge is 2.27. The number of carbonyl (C=O) groups is 1. The molecule has 1 unspecified atom stereocenters. The summed E-state index contributed by atoms with van der Waals surface area (Å²) in [4.78, 5) is 14.5. The van der Waals surface area contributed by atoms with Gasteiger partial charge in [-0.1, -0.05) is 0 Å². The van der Waals surface area contributed by atoms with Crippen LogP contribution in [-0.4, -0.2) is 35.1 Å². The first-order chi connectivity index (χ1) is 9.13. The molecule has 0 aromatic heterocycles. The highest BCUT2D eigenvalue weighted by molar-refractivity contribution is 5.95. The molecule has 4 nitrogen and oxygen atoms in total. The fourth-order valence-electron chi connectivity index (χ4n) is 2.69. The molecule has 1 heterocycles. The molecule has 4 heteroatoms. The van der Waals surface area contributed by atoms with Crippen molar-refractivity contribution in [3.05, 3.63) is 29.3 Å². The second-order valence-corrected chi connectivity index (χ2v) is 5.23. The lowest BCUT2D eigenvalue weighted by atomic mass is 9.98. The van der Waals surface area contributed by atoms with Crippen molar-refractivity contribution < 1.29 is 9.90 Å². The summed E-state index contributed by atoms with van der Waals surface area (Å²) in [5.74, 6) is 0.0567. The lowest BCUT2D eigenvalue weighted by molar-refractivity contribution is 0.0574. The number of likely N-dealkylation sites (tertiary alicyclic amines) is 1. The number of hydrogen-bond acceptors (Lipinski definition) is 3. The molecule has 104 valence electrons. The van der Waals surface area contributed by atoms with Gasteiger partial charge in [0.2, 0.25) is 0 Å². The van der Waals surface area contributed by atoms with Crippen molar-refractivity contribution in [1.29, 1.82) is 0 Å². The van der Waals surface area contributed by atoms with Gasteiger partial charge in [0.05, 0.1) is 0 Å². The number of piperidine rings is 1. The Hall–Kier alpha value is -1.55. The van der Waals surface area contributed by atoms with Gasteiger partial charge in [-0.3, -0.25) is 4.79 Å². The van der Waals surface area contributed by atoms with Crippen LogP contribution in [0.25, 0.3) is 0 Å². The molecule has 1 amide bonds. The molecule has 0 aliphatic carbocycles. The molecule has 2 rings (SSSR count). The summed E-state index contributed by atoms with van der Waals surface area (Å²) in [5, 5.41) is 9.11. The fourth-order valence-corrected chi connectivity index (χ4v) is 2.69. The van der Waals surface area contributed by atoms with E-state index in [1.54, 1.807) is 12.1 Å². The first-order valence-corrected chi connectivity index (χ1v) is 6.91. The molecule has 0 saturated carbocycles. The summed E-state index contributed by atoms with van der Waals surface area (Å²) >= 11 is 0. The van der Waals surface area contributed by atoms with Gasteiger partial charge in [-0.2, -0.15) is 0 Å². The number of nitrogen functional groups attached to an aromatic ring is 1. The van der Waals surface area contributed by atoms with Gasteiger partial charge < -0.3 is 15.7 Å². The normalized spacial score (nSPS) is 19.5. The largest absolute Gasteiger partial charge is 0.399 e. The molecule has 1 saturated heterocycles. The predicted octanol–water partition coefficient (Wildman–Crippen LogP) is 1.95. The van der Waals surface area contributed by atoms with E-state index in [1.165, 1.54) is 0 Å². The van der Waals surface area contributed by atoms with E-state index in [2.05, 4.69) is 0 Å². The lowest BCUT2D eigenvalue weighted by Gasteiger charge is -2.35. The van der Waals surface area contributed by atoms with E-state index in [0.29, 0.717) is 17.7 Å². The summed E-state index contributed by atoms with van der Waals surface area (Å²) in [5.41, 5.74) is 8.12. The zero-order valence-electron chi connectivity index (χ0n) is 11.4. The Morgan fingerprint density at radius 1 is 1.47 bits per heavy atom. The van der Waals surface area contributed by atoms with Crippen LogP contribution in [0.1, 0.15) is 41.6 Å². The Kier molecular flexibility index (Phi) is 4.43. The highest BCUT2D eigenvalue weighted by atomic mass is 16.3. The van der Waals surface area contributed by atoms with E-state index in [-0.39, 0.29) is 18.6 Å². The third kappa shape index (κ3) is 3.07. The number of aryl methyl sites for hydroxylation is 1. The predicted molar refractivity (Wildman–Crippen MR) is 76.0 cm³/mol. The highest BCUT2D eigenvalue weighted by Crippen LogP contribution is 2.23. The van der Waals surface area contributed by atoms with Crippen LogP contribution in [0.5, 0.6) is 0 Å². The first kappa shape index (κ1) is 13.9. The molecule has 19 heavy (non-hydrogen) atoms. The van der Waals surface area contributed by atoms with Crippen molar-refractivity contribution in [2.75, 3.05) is 18.9 Å². The smallest absolute Gasteiger partial charge is 0.254 e. The zero-order valence-corrected chi connectivity index (χ0v) is 11.4. The average Bonchev–Trinajstić information content (AvgIpc) is 2.42. The quantitative estimate of drug-likeness (QED) is 0.818. The first-order valence-electron chi connectivity index (χ1n) is 6.91. The fraction of sp³-hybridized carbons (Fsp3) is 0.533. The minimum absolute atomic E-state index is 0.0567. The number of nitrogens with zero attached hydrogens (tertiary/aromatic N) is 1. The molecule has 1 aromatic carbocycles. The molecular formula is C15H22N2O2. The van der Waals surface area contributed by atoms with Crippen LogP contribution in [0.15, 0.2) is 18.2 Å². The number of aliphatic hydroxyl groups is 1. The topological polar surface area (TPSA) is 66.6 Å². The summed E-state index contributed by atoms with van der Waals surface area (Å²) in [7, 11) is 0. The van der Waals surface area contributed by atoms with Gasteiger partial charge in [0.1, 0.15) is 0 Å². The maximum atomic E-state index is 12.6. The Balaban J connectivity index is 2.18. The van der Waals surface area contributed by atoms with E-state index >= 15 is 0 Å². The standard InChI is InChI=1S/C15H22N2O2/c1-11-10-12(5-6-14(11)16)15(19)17-8-3-2-4-13(17)7-9-18/h5-6,10,13,18H,2-4,7-9,16H2,1H3. The number of rotatable bonds is 3. The van der Waals surface area contributed by atoms with Crippen molar-refractivity contribution in [3.63, 3.8) is 0 Å². The molecule has 1 aliphatic rings. The van der Waals surface area contributed by atoms with Gasteiger partial charge in [-0.15, -0.1) is 0 Å². The number of anilines is 1. The molecular weight excluding hydrogens is 240 g/mol. The Morgan fingerprint density at radius 3 is 2.95 bits per heavy atom. The van der Waals surface area contributed by atoms with E-state index in [0.717, 1.165) is 31.4 Å². The minimum Gasteiger partial charge on any atom is -0.399 e. The van der Waals surface area contributed by atoms with E-state index < -0.39 is 0 Å². The summed E-state index contributed by atoms with van der Waals surface area (Å²) in [6.07, 6.45) is 3.83. The Bertz CT molecular complexity index is 457. The van der Waals surface area contributed by atoms with E-state index in [4.69, 9.17) is 10.8 Å². The molecule has 3 N–H and O–H groups in total. The van der Waals surface area contributed by atoms with Crippen LogP contribution in [0, 0.1) is 6.92 Å². The average molecular weight is 262 g/mol. The van der Waals surface area contributed by atoms with Crippen molar-refractivity contribution in [1.82, 2.24) is 4.90 Å². The van der Waals surface area contributed by atoms with E-state index in [1.807, 2.05) is 17.9 Å². The molecule has 1 fully saturated rings. The summed E-state index contributed by atoms with van der Waals surface area (Å²) in [6, 6.07) is 5.59. The van der Waals surface area contributed by atoms with Crippen LogP contribution in [-0.2, 0) is 0 Å². The number of carbonyl (C=O) groups excluding carboxylic acids is 1. The zero-order chi connectivity index (χ0) is 13.8. The summed E-state index contributed by atoms with van der Waals surface area (Å²) < 4.78 is 0. The molecule has 0 bridgehead atoms. The van der Waals surface area contributed by atoms with Gasteiger partial charge in [0, 0.05) is 30.4 Å². The second-order valence-electron chi connectivity index (χ2n) is 5.23. The SMILES string of the molecule is Cc1cc(C(=O)N2CCCCC2CCO)ccc1N. The number of amides is 1. The number of benzene rings is 1. The van der Waals surface area contributed by atoms with Gasteiger partial charge in [0.25, 0.3) is 5.91 Å². The van der Waals surface area contributed by atoms with Crippen LogP contribution in [0.2, 0.25) is 0 Å². The minimum atomic E-state index is 0.0567. The molecule has 0 spiro atoms. The van der Waals surface area contributed by atoms with Crippen LogP contribution in [0.4, 0.5) is 5.69 Å². The molecule has 1 aromatic rings. The number of hydrogen-bond donors (Lipinski definition) is 2. The monoisotopic (exact) mass is 262 g/mol. The van der Waals surface area contributed by atoms with Gasteiger partial charge in [0.15, 0.2) is 0 Å². The third-order valence-corrected chi connectivity index (χ3v) is 3.87. The van der Waals surface area contributed by atoms with Crippen LogP contribution in [0.3, 0.4) is 0 Å².